The Morgan fingerprint density at radius 3 is 2.59 bits per heavy atom. The van der Waals surface area contributed by atoms with E-state index >= 15 is 0 Å². The van der Waals surface area contributed by atoms with Crippen LogP contribution in [0.4, 0.5) is 4.79 Å². The maximum atomic E-state index is 12.7. The van der Waals surface area contributed by atoms with Gasteiger partial charge in [0, 0.05) is 6.54 Å². The van der Waals surface area contributed by atoms with E-state index in [1.54, 1.807) is 30.3 Å². The van der Waals surface area contributed by atoms with Crippen LogP contribution in [0.15, 0.2) is 30.3 Å². The number of nitrogens with zero attached hydrogens (tertiary/aromatic N) is 1. The average Bonchev–Trinajstić information content (AvgIpc) is 3.02. The van der Waals surface area contributed by atoms with Gasteiger partial charge in [0.15, 0.2) is 6.29 Å². The molecule has 0 aliphatic carbocycles. The smallest absolute Gasteiger partial charge is 0.407 e. The summed E-state index contributed by atoms with van der Waals surface area (Å²) < 4.78 is 4.57. The Bertz CT molecular complexity index is 520. The molecule has 1 aliphatic heterocycles. The number of hydrogen-bond acceptors (Lipinski definition) is 5. The van der Waals surface area contributed by atoms with Crippen molar-refractivity contribution in [3.8, 4) is 0 Å². The van der Waals surface area contributed by atoms with Crippen LogP contribution in [0.3, 0.4) is 0 Å². The van der Waals surface area contributed by atoms with E-state index in [-0.39, 0.29) is 5.91 Å². The van der Waals surface area contributed by atoms with E-state index in [1.165, 1.54) is 12.0 Å². The van der Waals surface area contributed by atoms with Crippen LogP contribution in [-0.2, 0) is 9.53 Å². The zero-order valence-corrected chi connectivity index (χ0v) is 12.3. The Balaban J connectivity index is 2.24. The molecule has 1 saturated heterocycles. The van der Waals surface area contributed by atoms with Gasteiger partial charge in [0.05, 0.1) is 13.2 Å². The molecule has 0 spiro atoms. The van der Waals surface area contributed by atoms with Crippen LogP contribution in [0.25, 0.3) is 0 Å². The van der Waals surface area contributed by atoms with Crippen LogP contribution in [-0.4, -0.2) is 53.1 Å². The van der Waals surface area contributed by atoms with Gasteiger partial charge in [-0.25, -0.2) is 4.79 Å². The predicted molar refractivity (Wildman–Crippen MR) is 77.7 cm³/mol. The number of methoxy groups -OCH3 is 1. The molecule has 7 heteroatoms. The number of amides is 2. The van der Waals surface area contributed by atoms with Gasteiger partial charge >= 0.3 is 6.09 Å². The Morgan fingerprint density at radius 1 is 1.32 bits per heavy atom. The molecule has 3 N–H and O–H groups in total. The number of nitrogens with one attached hydrogen (secondary N) is 1. The van der Waals surface area contributed by atoms with Crippen molar-refractivity contribution >= 4 is 12.0 Å². The molecule has 1 heterocycles. The van der Waals surface area contributed by atoms with E-state index in [2.05, 4.69) is 10.1 Å². The molecule has 0 saturated carbocycles. The molecule has 1 fully saturated rings. The minimum Gasteiger partial charge on any atom is -0.453 e. The van der Waals surface area contributed by atoms with E-state index in [4.69, 9.17) is 0 Å². The van der Waals surface area contributed by atoms with Gasteiger partial charge < -0.3 is 25.2 Å². The van der Waals surface area contributed by atoms with Gasteiger partial charge in [0.1, 0.15) is 6.04 Å². The zero-order valence-electron chi connectivity index (χ0n) is 12.3. The highest BCUT2D eigenvalue weighted by Gasteiger charge is 2.37. The number of ether oxygens (including phenoxy) is 1. The second-order valence-electron chi connectivity index (χ2n) is 5.13. The second-order valence-corrected chi connectivity index (χ2v) is 5.13. The summed E-state index contributed by atoms with van der Waals surface area (Å²) in [5.41, 5.74) is 0.607. The monoisotopic (exact) mass is 308 g/mol. The third kappa shape index (κ3) is 3.55. The first-order chi connectivity index (χ1) is 10.5. The van der Waals surface area contributed by atoms with E-state index in [1.807, 2.05) is 0 Å². The van der Waals surface area contributed by atoms with Crippen molar-refractivity contribution in [1.29, 1.82) is 0 Å². The molecule has 22 heavy (non-hydrogen) atoms. The highest BCUT2D eigenvalue weighted by atomic mass is 16.5. The van der Waals surface area contributed by atoms with Gasteiger partial charge in [0.2, 0.25) is 5.91 Å². The quantitative estimate of drug-likeness (QED) is 0.699. The number of benzene rings is 1. The fourth-order valence-corrected chi connectivity index (χ4v) is 2.65. The lowest BCUT2D eigenvalue weighted by molar-refractivity contribution is -0.145. The Kier molecular flexibility index (Phi) is 5.35. The molecule has 0 radical (unpaired) electrons. The predicted octanol–water partition coefficient (Wildman–Crippen LogP) is 0.385. The molecule has 2 atom stereocenters. The Labute approximate surface area is 128 Å². The van der Waals surface area contributed by atoms with Gasteiger partial charge in [-0.3, -0.25) is 4.79 Å². The minimum absolute atomic E-state index is 0.382. The van der Waals surface area contributed by atoms with E-state index in [0.717, 1.165) is 0 Å². The molecular formula is C15H20N2O5. The maximum Gasteiger partial charge on any atom is 0.407 e. The summed E-state index contributed by atoms with van der Waals surface area (Å²) in [5.74, 6) is -0.382. The van der Waals surface area contributed by atoms with Crippen LogP contribution < -0.4 is 5.32 Å². The third-order valence-electron chi connectivity index (χ3n) is 3.75. The maximum absolute atomic E-state index is 12.7. The summed E-state index contributed by atoms with van der Waals surface area (Å²) in [6.07, 6.45) is -1.11. The first-order valence-corrected chi connectivity index (χ1v) is 7.10. The van der Waals surface area contributed by atoms with E-state index < -0.39 is 24.5 Å². The topological polar surface area (TPSA) is 99.1 Å². The summed E-state index contributed by atoms with van der Waals surface area (Å²) in [6.45, 7) is 0.424. The highest BCUT2D eigenvalue weighted by molar-refractivity contribution is 5.87. The highest BCUT2D eigenvalue weighted by Crippen LogP contribution is 2.25. The number of rotatable bonds is 4. The first-order valence-electron chi connectivity index (χ1n) is 7.10. The molecule has 120 valence electrons. The summed E-state index contributed by atoms with van der Waals surface area (Å²) in [4.78, 5) is 25.7. The molecular weight excluding hydrogens is 288 g/mol. The fraction of sp³-hybridized carbons (Fsp3) is 0.467. The van der Waals surface area contributed by atoms with Crippen LogP contribution in [0, 0.1) is 0 Å². The van der Waals surface area contributed by atoms with E-state index in [9.17, 15) is 19.8 Å². The van der Waals surface area contributed by atoms with Crippen molar-refractivity contribution in [2.75, 3.05) is 13.7 Å². The number of carbonyl (C=O) groups is 2. The molecule has 2 rings (SSSR count). The van der Waals surface area contributed by atoms with Crippen molar-refractivity contribution in [3.05, 3.63) is 35.9 Å². The largest absolute Gasteiger partial charge is 0.453 e. The van der Waals surface area contributed by atoms with Crippen molar-refractivity contribution < 1.29 is 24.5 Å². The zero-order chi connectivity index (χ0) is 16.1. The number of likely N-dealkylation sites (tertiary alicyclic amines) is 1. The van der Waals surface area contributed by atoms with Crippen LogP contribution in [0.5, 0.6) is 0 Å². The summed E-state index contributed by atoms with van der Waals surface area (Å²) in [6, 6.07) is 7.19. The summed E-state index contributed by atoms with van der Waals surface area (Å²) in [5, 5.41) is 21.3. The normalized spacial score (nSPS) is 19.1. The number of aliphatic hydroxyl groups is 2. The van der Waals surface area contributed by atoms with Crippen molar-refractivity contribution in [2.24, 2.45) is 0 Å². The van der Waals surface area contributed by atoms with Gasteiger partial charge in [0.25, 0.3) is 0 Å². The molecule has 0 bridgehead atoms. The van der Waals surface area contributed by atoms with Crippen molar-refractivity contribution in [3.63, 3.8) is 0 Å². The lowest BCUT2D eigenvalue weighted by Crippen LogP contribution is -2.48. The van der Waals surface area contributed by atoms with Crippen LogP contribution >= 0.6 is 0 Å². The molecule has 1 aromatic carbocycles. The van der Waals surface area contributed by atoms with Crippen molar-refractivity contribution in [1.82, 2.24) is 10.2 Å². The van der Waals surface area contributed by atoms with Gasteiger partial charge in [-0.05, 0) is 18.4 Å². The van der Waals surface area contributed by atoms with Gasteiger partial charge in [-0.1, -0.05) is 30.3 Å². The molecule has 0 aromatic heterocycles. The SMILES string of the molecule is COC(=O)N[C@@H](C(=O)N1CCC[C@H]1C(O)O)c1ccccc1. The Morgan fingerprint density at radius 2 is 2.00 bits per heavy atom. The summed E-state index contributed by atoms with van der Waals surface area (Å²) in [7, 11) is 1.22. The number of hydrogen-bond donors (Lipinski definition) is 3. The number of carbonyl (C=O) groups excluding carboxylic acids is 2. The number of alkyl carbamates (subject to hydrolysis) is 1. The molecule has 0 unspecified atom stereocenters. The standard InChI is InChI=1S/C15H20N2O5/c1-22-15(21)16-12(10-6-3-2-4-7-10)13(18)17-9-5-8-11(17)14(19)20/h2-4,6-7,11-12,14,19-20H,5,8-9H2,1H3,(H,16,21)/t11-,12+/m0/s1. The Hall–Kier alpha value is -2.12. The van der Waals surface area contributed by atoms with Crippen molar-refractivity contribution in [2.45, 2.75) is 31.2 Å². The van der Waals surface area contributed by atoms with Gasteiger partial charge in [-0.2, -0.15) is 0 Å². The van der Waals surface area contributed by atoms with E-state index in [0.29, 0.717) is 24.9 Å². The first kappa shape index (κ1) is 16.3. The molecule has 1 aliphatic rings. The van der Waals surface area contributed by atoms with Crippen LogP contribution in [0.1, 0.15) is 24.4 Å². The minimum atomic E-state index is -1.60. The van der Waals surface area contributed by atoms with Crippen LogP contribution in [0.2, 0.25) is 0 Å². The second kappa shape index (κ2) is 7.24. The number of aliphatic hydroxyl groups excluding tert-OH is 1. The average molecular weight is 308 g/mol. The van der Waals surface area contributed by atoms with Gasteiger partial charge in [-0.15, -0.1) is 0 Å². The lowest BCUT2D eigenvalue weighted by Gasteiger charge is -2.30. The fourth-order valence-electron chi connectivity index (χ4n) is 2.65. The summed E-state index contributed by atoms with van der Waals surface area (Å²) >= 11 is 0. The molecule has 7 nitrogen and oxygen atoms in total. The lowest BCUT2D eigenvalue weighted by atomic mass is 10.1. The molecule has 2 amide bonds. The third-order valence-corrected chi connectivity index (χ3v) is 3.75. The molecule has 1 aromatic rings.